The smallest absolute Gasteiger partial charge is 0.274 e. The average molecular weight is 232 g/mol. The number of pyridine rings is 1. The van der Waals surface area contributed by atoms with Gasteiger partial charge in [-0.05, 0) is 12.1 Å². The highest BCUT2D eigenvalue weighted by molar-refractivity contribution is 6.44. The van der Waals surface area contributed by atoms with E-state index in [1.807, 2.05) is 0 Å². The van der Waals surface area contributed by atoms with Crippen LogP contribution in [0.3, 0.4) is 0 Å². The summed E-state index contributed by atoms with van der Waals surface area (Å²) in [5, 5.41) is 3.77. The van der Waals surface area contributed by atoms with Crippen molar-refractivity contribution in [2.75, 3.05) is 11.9 Å². The Hall–Kier alpha value is -2.24. The molecule has 0 unspecified atom stereocenters. The molecule has 0 bridgehead atoms. The molecule has 1 aromatic heterocycles. The van der Waals surface area contributed by atoms with E-state index in [-0.39, 0.29) is 11.8 Å². The third-order valence-corrected chi connectivity index (χ3v) is 2.51. The third-order valence-electron chi connectivity index (χ3n) is 2.51. The first kappa shape index (κ1) is 11.3. The molecule has 0 saturated heterocycles. The van der Waals surface area contributed by atoms with Crippen molar-refractivity contribution in [1.29, 1.82) is 0 Å². The number of hydrogen-bond donors (Lipinski definition) is 1. The molecule has 0 radical (unpaired) electrons. The van der Waals surface area contributed by atoms with Gasteiger partial charge in [-0.1, -0.05) is 0 Å². The molecule has 1 aromatic rings. The van der Waals surface area contributed by atoms with Crippen LogP contribution in [0.25, 0.3) is 0 Å². The van der Waals surface area contributed by atoms with Crippen molar-refractivity contribution < 1.29 is 9.59 Å². The maximum atomic E-state index is 12.0. The van der Waals surface area contributed by atoms with Gasteiger partial charge in [-0.25, -0.2) is 5.43 Å². The molecule has 2 amide bonds. The van der Waals surface area contributed by atoms with Gasteiger partial charge in [-0.15, -0.1) is 0 Å². The van der Waals surface area contributed by atoms with Crippen LogP contribution in [0, 0.1) is 0 Å². The standard InChI is InChI=1S/C11H12N4O2/c1-15(8-4-6-12-7-5-8)11(17)9-2-3-10(16)14-13-9/h4-7H,2-3H2,1H3,(H,14,16). The Kier molecular flexibility index (Phi) is 3.13. The van der Waals surface area contributed by atoms with Crippen LogP contribution in [-0.4, -0.2) is 29.6 Å². The van der Waals surface area contributed by atoms with E-state index < -0.39 is 0 Å². The zero-order chi connectivity index (χ0) is 12.3. The second-order valence-corrected chi connectivity index (χ2v) is 3.66. The minimum absolute atomic E-state index is 0.159. The summed E-state index contributed by atoms with van der Waals surface area (Å²) in [5.41, 5.74) is 3.41. The molecule has 1 N–H and O–H groups in total. The van der Waals surface area contributed by atoms with Crippen molar-refractivity contribution in [3.8, 4) is 0 Å². The fraction of sp³-hybridized carbons (Fsp3) is 0.273. The van der Waals surface area contributed by atoms with E-state index >= 15 is 0 Å². The molecule has 2 heterocycles. The van der Waals surface area contributed by atoms with E-state index in [0.29, 0.717) is 18.6 Å². The van der Waals surface area contributed by atoms with Crippen LogP contribution in [0.2, 0.25) is 0 Å². The molecule has 1 aliphatic rings. The maximum Gasteiger partial charge on any atom is 0.274 e. The van der Waals surface area contributed by atoms with Gasteiger partial charge >= 0.3 is 0 Å². The number of carbonyl (C=O) groups excluding carboxylic acids is 2. The molecule has 0 aromatic carbocycles. The molecule has 6 heteroatoms. The van der Waals surface area contributed by atoms with Crippen LogP contribution in [0.5, 0.6) is 0 Å². The van der Waals surface area contributed by atoms with Crippen molar-refractivity contribution >= 4 is 23.2 Å². The summed E-state index contributed by atoms with van der Waals surface area (Å²) < 4.78 is 0. The maximum absolute atomic E-state index is 12.0. The van der Waals surface area contributed by atoms with Crippen LogP contribution in [0.4, 0.5) is 5.69 Å². The number of hydrazone groups is 1. The molecule has 0 atom stereocenters. The predicted octanol–water partition coefficient (Wildman–Crippen LogP) is 0.310. The molecule has 0 saturated carbocycles. The van der Waals surface area contributed by atoms with E-state index in [2.05, 4.69) is 15.5 Å². The first-order chi connectivity index (χ1) is 8.18. The predicted molar refractivity (Wildman–Crippen MR) is 62.5 cm³/mol. The highest BCUT2D eigenvalue weighted by Crippen LogP contribution is 2.12. The van der Waals surface area contributed by atoms with Crippen molar-refractivity contribution in [3.05, 3.63) is 24.5 Å². The van der Waals surface area contributed by atoms with Crippen LogP contribution in [0.1, 0.15) is 12.8 Å². The summed E-state index contributed by atoms with van der Waals surface area (Å²) in [6, 6.07) is 3.47. The third kappa shape index (κ3) is 2.47. The molecule has 0 spiro atoms. The Morgan fingerprint density at radius 1 is 1.35 bits per heavy atom. The monoisotopic (exact) mass is 232 g/mol. The van der Waals surface area contributed by atoms with Crippen molar-refractivity contribution in [2.45, 2.75) is 12.8 Å². The second-order valence-electron chi connectivity index (χ2n) is 3.66. The molecule has 6 nitrogen and oxygen atoms in total. The molecule has 17 heavy (non-hydrogen) atoms. The molecular formula is C11H12N4O2. The number of rotatable bonds is 2. The molecule has 0 fully saturated rings. The average Bonchev–Trinajstić information content (AvgIpc) is 2.39. The fourth-order valence-corrected chi connectivity index (χ4v) is 1.51. The van der Waals surface area contributed by atoms with Gasteiger partial charge in [0, 0.05) is 38.0 Å². The van der Waals surface area contributed by atoms with Gasteiger partial charge in [0.2, 0.25) is 5.91 Å². The van der Waals surface area contributed by atoms with E-state index in [4.69, 9.17) is 0 Å². The molecule has 2 rings (SSSR count). The van der Waals surface area contributed by atoms with Crippen LogP contribution < -0.4 is 10.3 Å². The molecule has 88 valence electrons. The second kappa shape index (κ2) is 4.73. The lowest BCUT2D eigenvalue weighted by atomic mass is 10.1. The minimum atomic E-state index is -0.212. The van der Waals surface area contributed by atoms with E-state index in [1.165, 1.54) is 4.90 Å². The van der Waals surface area contributed by atoms with Crippen LogP contribution in [-0.2, 0) is 9.59 Å². The van der Waals surface area contributed by atoms with Gasteiger partial charge in [0.1, 0.15) is 5.71 Å². The summed E-state index contributed by atoms with van der Waals surface area (Å²) in [4.78, 5) is 28.3. The van der Waals surface area contributed by atoms with Crippen molar-refractivity contribution in [2.24, 2.45) is 5.10 Å². The summed E-state index contributed by atoms with van der Waals surface area (Å²) in [7, 11) is 1.66. The SMILES string of the molecule is CN(C(=O)C1=NNC(=O)CC1)c1ccncc1. The first-order valence-electron chi connectivity index (χ1n) is 5.22. The van der Waals surface area contributed by atoms with Crippen LogP contribution in [0.15, 0.2) is 29.6 Å². The Morgan fingerprint density at radius 3 is 2.65 bits per heavy atom. The normalized spacial score (nSPS) is 14.9. The lowest BCUT2D eigenvalue weighted by molar-refractivity contribution is -0.121. The summed E-state index contributed by atoms with van der Waals surface area (Å²) in [6.45, 7) is 0. The molecule has 0 aliphatic carbocycles. The zero-order valence-corrected chi connectivity index (χ0v) is 9.38. The molecular weight excluding hydrogens is 220 g/mol. The Morgan fingerprint density at radius 2 is 2.06 bits per heavy atom. The largest absolute Gasteiger partial charge is 0.310 e. The topological polar surface area (TPSA) is 74.7 Å². The lowest BCUT2D eigenvalue weighted by Crippen LogP contribution is -2.38. The lowest BCUT2D eigenvalue weighted by Gasteiger charge is -2.19. The van der Waals surface area contributed by atoms with Crippen LogP contribution >= 0.6 is 0 Å². The van der Waals surface area contributed by atoms with E-state index in [0.717, 1.165) is 5.69 Å². The van der Waals surface area contributed by atoms with Gasteiger partial charge < -0.3 is 4.90 Å². The number of hydrogen-bond acceptors (Lipinski definition) is 4. The summed E-state index contributed by atoms with van der Waals surface area (Å²) >= 11 is 0. The van der Waals surface area contributed by atoms with Gasteiger partial charge in [0.15, 0.2) is 0 Å². The van der Waals surface area contributed by atoms with Gasteiger partial charge in [0.05, 0.1) is 0 Å². The van der Waals surface area contributed by atoms with Gasteiger partial charge in [-0.2, -0.15) is 5.10 Å². The Labute approximate surface area is 98.3 Å². The van der Waals surface area contributed by atoms with Gasteiger partial charge in [-0.3, -0.25) is 14.6 Å². The van der Waals surface area contributed by atoms with Gasteiger partial charge in [0.25, 0.3) is 5.91 Å². The Bertz CT molecular complexity index is 470. The Balaban J connectivity index is 2.13. The van der Waals surface area contributed by atoms with Crippen molar-refractivity contribution in [3.63, 3.8) is 0 Å². The summed E-state index contributed by atoms with van der Waals surface area (Å²) in [5.74, 6) is -0.371. The zero-order valence-electron chi connectivity index (χ0n) is 9.38. The number of nitrogens with one attached hydrogen (secondary N) is 1. The number of amides is 2. The highest BCUT2D eigenvalue weighted by atomic mass is 16.2. The van der Waals surface area contributed by atoms with Crippen molar-refractivity contribution in [1.82, 2.24) is 10.4 Å². The van der Waals surface area contributed by atoms with E-state index in [1.54, 1.807) is 31.6 Å². The first-order valence-corrected chi connectivity index (χ1v) is 5.22. The molecule has 1 aliphatic heterocycles. The summed E-state index contributed by atoms with van der Waals surface area (Å²) in [6.07, 6.45) is 3.90. The number of aromatic nitrogens is 1. The van der Waals surface area contributed by atoms with E-state index in [9.17, 15) is 9.59 Å². The quantitative estimate of drug-likeness (QED) is 0.797. The minimum Gasteiger partial charge on any atom is -0.310 e. The fourth-order valence-electron chi connectivity index (χ4n) is 1.51. The number of nitrogens with zero attached hydrogens (tertiary/aromatic N) is 3. The highest BCUT2D eigenvalue weighted by Gasteiger charge is 2.21. The number of anilines is 1. The number of carbonyl (C=O) groups is 2.